The van der Waals surface area contributed by atoms with Gasteiger partial charge >= 0.3 is 5.97 Å². The van der Waals surface area contributed by atoms with Gasteiger partial charge in [-0.3, -0.25) is 24.6 Å². The van der Waals surface area contributed by atoms with Crippen LogP contribution in [0.1, 0.15) is 12.5 Å². The molecule has 0 saturated heterocycles. The van der Waals surface area contributed by atoms with Crippen LogP contribution in [0.3, 0.4) is 0 Å². The molecular weight excluding hydrogens is 444 g/mol. The third-order valence-corrected chi connectivity index (χ3v) is 5.74. The molecule has 0 aliphatic carbocycles. The van der Waals surface area contributed by atoms with E-state index < -0.39 is 45.2 Å². The molecule has 2 aromatic carbocycles. The lowest BCUT2D eigenvalue weighted by Gasteiger charge is -2.10. The number of anilines is 1. The van der Waals surface area contributed by atoms with Crippen molar-refractivity contribution in [1.82, 2.24) is 4.72 Å². The fraction of sp³-hybridized carbons (Fsp3) is 0.211. The number of hydrogen-bond acceptors (Lipinski definition) is 9. The van der Waals surface area contributed by atoms with Gasteiger partial charge in [0.05, 0.1) is 23.0 Å². The van der Waals surface area contributed by atoms with Crippen LogP contribution >= 0.6 is 0 Å². The van der Waals surface area contributed by atoms with Gasteiger partial charge in [-0.15, -0.1) is 0 Å². The number of amides is 1. The quantitative estimate of drug-likeness (QED) is 0.352. The van der Waals surface area contributed by atoms with E-state index in [9.17, 15) is 28.1 Å². The van der Waals surface area contributed by atoms with Crippen LogP contribution < -0.4 is 14.8 Å². The predicted octanol–water partition coefficient (Wildman–Crippen LogP) is 1.21. The molecule has 0 saturated carbocycles. The van der Waals surface area contributed by atoms with Crippen LogP contribution in [-0.2, 0) is 24.3 Å². The summed E-state index contributed by atoms with van der Waals surface area (Å²) in [6.45, 7) is 0.649. The van der Waals surface area contributed by atoms with E-state index in [0.717, 1.165) is 6.07 Å². The van der Waals surface area contributed by atoms with Crippen LogP contribution in [0.5, 0.6) is 5.75 Å². The van der Waals surface area contributed by atoms with Gasteiger partial charge in [0.1, 0.15) is 23.3 Å². The molecule has 0 spiro atoms. The summed E-state index contributed by atoms with van der Waals surface area (Å²) >= 11 is 0. The van der Waals surface area contributed by atoms with E-state index >= 15 is 0 Å². The van der Waals surface area contributed by atoms with Gasteiger partial charge in [0.25, 0.3) is 21.6 Å². The van der Waals surface area contributed by atoms with Crippen LogP contribution in [-0.4, -0.2) is 50.8 Å². The van der Waals surface area contributed by atoms with E-state index in [0.29, 0.717) is 5.56 Å². The number of sulfonamides is 1. The highest BCUT2D eigenvalue weighted by atomic mass is 32.2. The maximum atomic E-state index is 12.2. The molecule has 0 bridgehead atoms. The largest absolute Gasteiger partial charge is 0.496 e. The van der Waals surface area contributed by atoms with Crippen molar-refractivity contribution < 1.29 is 32.4 Å². The zero-order valence-corrected chi connectivity index (χ0v) is 17.7. The highest BCUT2D eigenvalue weighted by molar-refractivity contribution is 7.90. The smallest absolute Gasteiger partial charge is 0.331 e. The first-order valence-corrected chi connectivity index (χ1v) is 10.6. The predicted molar refractivity (Wildman–Crippen MR) is 112 cm³/mol. The van der Waals surface area contributed by atoms with Crippen LogP contribution in [0.4, 0.5) is 11.4 Å². The number of esters is 1. The van der Waals surface area contributed by atoms with E-state index in [1.165, 1.54) is 32.2 Å². The molecule has 168 valence electrons. The maximum Gasteiger partial charge on any atom is 0.331 e. The van der Waals surface area contributed by atoms with Crippen molar-refractivity contribution in [2.24, 2.45) is 4.99 Å². The zero-order valence-electron chi connectivity index (χ0n) is 16.9. The molecule has 2 N–H and O–H groups in total. The number of nitro benzene ring substituents is 1. The van der Waals surface area contributed by atoms with Gasteiger partial charge in [0.15, 0.2) is 6.61 Å². The molecule has 1 aliphatic rings. The molecular formula is C19H18N4O8S. The van der Waals surface area contributed by atoms with E-state index in [4.69, 9.17) is 9.47 Å². The Labute approximate surface area is 182 Å². The van der Waals surface area contributed by atoms with Crippen molar-refractivity contribution in [2.75, 3.05) is 19.0 Å². The number of nitrogens with zero attached hydrogens (tertiary/aromatic N) is 2. The second-order valence-electron chi connectivity index (χ2n) is 6.55. The number of aliphatic imine (C=N–C) groups is 1. The number of rotatable bonds is 7. The first kappa shape index (κ1) is 22.7. The molecule has 3 rings (SSSR count). The standard InChI is InChI=1S/C19H18N4O8S/c1-11(20-18-13-5-3-4-6-16(13)32(28,29)22-18)19(25)31-10-17(24)21-14-8-7-12(30-2)9-15(14)23(26)27/h3-9,11H,10H2,1-2H3,(H,20,22)(H,21,24)/t11-/m0/s1. The SMILES string of the molecule is COc1ccc(NC(=O)COC(=O)[C@H](C)N=C2NS(=O)(=O)c3ccccc32)c([N+](=O)[O-])c1. The highest BCUT2D eigenvalue weighted by Crippen LogP contribution is 2.29. The third-order valence-electron chi connectivity index (χ3n) is 4.35. The number of ether oxygens (including phenoxy) is 2. The summed E-state index contributed by atoms with van der Waals surface area (Å²) in [4.78, 5) is 38.9. The summed E-state index contributed by atoms with van der Waals surface area (Å²) in [7, 11) is -2.42. The molecule has 13 heteroatoms. The normalized spacial score (nSPS) is 15.9. The molecule has 0 unspecified atom stereocenters. The van der Waals surface area contributed by atoms with E-state index in [1.54, 1.807) is 18.2 Å². The van der Waals surface area contributed by atoms with Gasteiger partial charge in [0, 0.05) is 5.56 Å². The Kier molecular flexibility index (Phi) is 6.39. The van der Waals surface area contributed by atoms with Crippen molar-refractivity contribution in [3.8, 4) is 5.75 Å². The molecule has 0 fully saturated rings. The van der Waals surface area contributed by atoms with E-state index in [1.807, 2.05) is 0 Å². The Morgan fingerprint density at radius 3 is 2.66 bits per heavy atom. The monoisotopic (exact) mass is 462 g/mol. The average Bonchev–Trinajstić information content (AvgIpc) is 3.02. The second-order valence-corrected chi connectivity index (χ2v) is 8.20. The third kappa shape index (κ3) is 4.83. The lowest BCUT2D eigenvalue weighted by molar-refractivity contribution is -0.384. The minimum Gasteiger partial charge on any atom is -0.496 e. The molecule has 1 aliphatic heterocycles. The number of amidine groups is 1. The summed E-state index contributed by atoms with van der Waals surface area (Å²) in [5.74, 6) is -1.47. The first-order chi connectivity index (χ1) is 15.1. The van der Waals surface area contributed by atoms with Gasteiger partial charge in [-0.05, 0) is 31.2 Å². The number of benzene rings is 2. The van der Waals surface area contributed by atoms with Gasteiger partial charge in [-0.2, -0.15) is 0 Å². The molecule has 2 aromatic rings. The molecule has 32 heavy (non-hydrogen) atoms. The van der Waals surface area contributed by atoms with Crippen LogP contribution in [0.25, 0.3) is 0 Å². The minimum atomic E-state index is -3.76. The molecule has 1 atom stereocenters. The Morgan fingerprint density at radius 2 is 1.97 bits per heavy atom. The summed E-state index contributed by atoms with van der Waals surface area (Å²) in [5.41, 5.74) is -0.171. The molecule has 1 heterocycles. The Bertz CT molecular complexity index is 1230. The van der Waals surface area contributed by atoms with Crippen molar-refractivity contribution in [2.45, 2.75) is 17.9 Å². The van der Waals surface area contributed by atoms with Gasteiger partial charge in [0.2, 0.25) is 0 Å². The molecule has 12 nitrogen and oxygen atoms in total. The van der Waals surface area contributed by atoms with Gasteiger partial charge < -0.3 is 14.8 Å². The lowest BCUT2D eigenvalue weighted by Crippen LogP contribution is -2.29. The summed E-state index contributed by atoms with van der Waals surface area (Å²) in [5, 5.41) is 13.5. The van der Waals surface area contributed by atoms with Crippen molar-refractivity contribution in [3.63, 3.8) is 0 Å². The summed E-state index contributed by atoms with van der Waals surface area (Å²) in [6, 6.07) is 8.86. The molecule has 0 aromatic heterocycles. The molecule has 0 radical (unpaired) electrons. The van der Waals surface area contributed by atoms with Gasteiger partial charge in [-0.25, -0.2) is 13.2 Å². The number of methoxy groups -OCH3 is 1. The first-order valence-electron chi connectivity index (χ1n) is 9.11. The zero-order chi connectivity index (χ0) is 23.5. The van der Waals surface area contributed by atoms with Crippen molar-refractivity contribution >= 4 is 39.1 Å². The van der Waals surface area contributed by atoms with Crippen molar-refractivity contribution in [1.29, 1.82) is 0 Å². The second kappa shape index (κ2) is 9.01. The Hall–Kier alpha value is -4.00. The van der Waals surface area contributed by atoms with E-state index in [-0.39, 0.29) is 22.2 Å². The number of nitro groups is 1. The number of fused-ring (bicyclic) bond motifs is 1. The number of carbonyl (C=O) groups excluding carboxylic acids is 2. The fourth-order valence-electron chi connectivity index (χ4n) is 2.81. The lowest BCUT2D eigenvalue weighted by atomic mass is 10.2. The Balaban J connectivity index is 1.63. The average molecular weight is 462 g/mol. The van der Waals surface area contributed by atoms with Crippen LogP contribution in [0.2, 0.25) is 0 Å². The highest BCUT2D eigenvalue weighted by Gasteiger charge is 2.31. The molecule has 1 amide bonds. The minimum absolute atomic E-state index is 0.0108. The summed E-state index contributed by atoms with van der Waals surface area (Å²) < 4.78 is 36.3. The Morgan fingerprint density at radius 1 is 1.25 bits per heavy atom. The van der Waals surface area contributed by atoms with Crippen LogP contribution in [0, 0.1) is 10.1 Å². The number of hydrogen-bond donors (Lipinski definition) is 2. The maximum absolute atomic E-state index is 12.2. The van der Waals surface area contributed by atoms with Crippen LogP contribution in [0.15, 0.2) is 52.4 Å². The topological polar surface area (TPSA) is 166 Å². The number of nitrogens with one attached hydrogen (secondary N) is 2. The van der Waals surface area contributed by atoms with Crippen molar-refractivity contribution in [3.05, 3.63) is 58.1 Å². The summed E-state index contributed by atoms with van der Waals surface area (Å²) in [6.07, 6.45) is 0. The van der Waals surface area contributed by atoms with E-state index in [2.05, 4.69) is 15.0 Å². The fourth-order valence-corrected chi connectivity index (χ4v) is 4.05. The van der Waals surface area contributed by atoms with Gasteiger partial charge in [-0.1, -0.05) is 12.1 Å². The number of carbonyl (C=O) groups is 2.